The van der Waals surface area contributed by atoms with E-state index in [-0.39, 0.29) is 22.5 Å². The predicted molar refractivity (Wildman–Crippen MR) is 102 cm³/mol. The number of nitrogens with zero attached hydrogens (tertiary/aromatic N) is 1. The van der Waals surface area contributed by atoms with Crippen molar-refractivity contribution in [3.63, 3.8) is 0 Å². The fourth-order valence-electron chi connectivity index (χ4n) is 2.98. The van der Waals surface area contributed by atoms with Crippen molar-refractivity contribution in [3.8, 4) is 0 Å². The van der Waals surface area contributed by atoms with Crippen molar-refractivity contribution in [2.45, 2.75) is 24.8 Å². The van der Waals surface area contributed by atoms with E-state index in [0.717, 1.165) is 19.2 Å². The van der Waals surface area contributed by atoms with Crippen LogP contribution in [0.15, 0.2) is 47.4 Å². The summed E-state index contributed by atoms with van der Waals surface area (Å²) in [5.41, 5.74) is 1.02. The van der Waals surface area contributed by atoms with Crippen molar-refractivity contribution >= 4 is 21.6 Å². The lowest BCUT2D eigenvalue weighted by Crippen LogP contribution is -2.52. The second-order valence-electron chi connectivity index (χ2n) is 6.65. The van der Waals surface area contributed by atoms with E-state index in [1.165, 1.54) is 18.2 Å². The molecule has 1 aliphatic heterocycles. The lowest BCUT2D eigenvalue weighted by Gasteiger charge is -2.34. The number of nitrogens with one attached hydrogen (secondary N) is 2. The van der Waals surface area contributed by atoms with Crippen LogP contribution in [0.3, 0.4) is 0 Å². The summed E-state index contributed by atoms with van der Waals surface area (Å²) in [5.74, 6) is -0.735. The highest BCUT2D eigenvalue weighted by Crippen LogP contribution is 2.20. The second-order valence-corrected chi connectivity index (χ2v) is 8.33. The molecule has 0 saturated carbocycles. The van der Waals surface area contributed by atoms with Gasteiger partial charge in [0.1, 0.15) is 5.82 Å². The number of aryl methyl sites for hydroxylation is 1. The molecule has 2 aromatic rings. The van der Waals surface area contributed by atoms with Gasteiger partial charge in [-0.25, -0.2) is 12.8 Å². The van der Waals surface area contributed by atoms with Crippen molar-refractivity contribution in [1.82, 2.24) is 10.2 Å². The van der Waals surface area contributed by atoms with Crippen LogP contribution in [-0.4, -0.2) is 44.9 Å². The molecular weight excluding hydrogens is 369 g/mol. The maximum absolute atomic E-state index is 13.7. The van der Waals surface area contributed by atoms with E-state index in [0.29, 0.717) is 17.7 Å². The summed E-state index contributed by atoms with van der Waals surface area (Å²) in [4.78, 5) is 14.3. The number of amides is 1. The van der Waals surface area contributed by atoms with Crippen LogP contribution in [-0.2, 0) is 10.0 Å². The van der Waals surface area contributed by atoms with E-state index in [9.17, 15) is 17.6 Å². The van der Waals surface area contributed by atoms with Crippen LogP contribution < -0.4 is 10.0 Å². The van der Waals surface area contributed by atoms with Crippen LogP contribution in [0.4, 0.5) is 10.1 Å². The van der Waals surface area contributed by atoms with Gasteiger partial charge < -0.3 is 10.2 Å². The van der Waals surface area contributed by atoms with Gasteiger partial charge in [0.15, 0.2) is 0 Å². The van der Waals surface area contributed by atoms with E-state index >= 15 is 0 Å². The van der Waals surface area contributed by atoms with Crippen LogP contribution in [0.5, 0.6) is 0 Å². The fraction of sp³-hybridized carbons (Fsp3) is 0.316. The maximum atomic E-state index is 13.7. The fourth-order valence-corrected chi connectivity index (χ4v) is 4.04. The number of anilines is 1. The Kier molecular flexibility index (Phi) is 5.48. The number of benzene rings is 2. The van der Waals surface area contributed by atoms with Gasteiger partial charge in [-0.3, -0.25) is 9.52 Å². The standard InChI is InChI=1S/C19H22FN3O3S/c1-13-6-7-17(11-18(13)20)27(25,26)22-16-5-3-4-15(10-16)19(24)23-9-8-21-12-14(23)2/h3-7,10-11,14,21-22H,8-9,12H2,1-2H3/t14-/m0/s1. The van der Waals surface area contributed by atoms with Gasteiger partial charge in [0.25, 0.3) is 15.9 Å². The van der Waals surface area contributed by atoms with Crippen molar-refractivity contribution in [2.24, 2.45) is 0 Å². The van der Waals surface area contributed by atoms with Crippen molar-refractivity contribution < 1.29 is 17.6 Å². The Morgan fingerprint density at radius 1 is 1.26 bits per heavy atom. The first-order valence-electron chi connectivity index (χ1n) is 8.68. The summed E-state index contributed by atoms with van der Waals surface area (Å²) in [6, 6.07) is 10.1. The van der Waals surface area contributed by atoms with Gasteiger partial charge in [0, 0.05) is 36.9 Å². The number of hydrogen-bond acceptors (Lipinski definition) is 4. The molecule has 2 N–H and O–H groups in total. The number of carbonyl (C=O) groups excluding carboxylic acids is 1. The Morgan fingerprint density at radius 3 is 2.74 bits per heavy atom. The number of carbonyl (C=O) groups is 1. The number of rotatable bonds is 4. The molecule has 27 heavy (non-hydrogen) atoms. The topological polar surface area (TPSA) is 78.5 Å². The van der Waals surface area contributed by atoms with Gasteiger partial charge >= 0.3 is 0 Å². The molecule has 0 aromatic heterocycles. The van der Waals surface area contributed by atoms with Crippen LogP contribution in [0, 0.1) is 12.7 Å². The molecule has 1 saturated heterocycles. The van der Waals surface area contributed by atoms with Crippen LogP contribution in [0.2, 0.25) is 0 Å². The third kappa shape index (κ3) is 4.28. The Hall–Kier alpha value is -2.45. The summed E-state index contributed by atoms with van der Waals surface area (Å²) in [6.07, 6.45) is 0. The highest BCUT2D eigenvalue weighted by Gasteiger charge is 2.24. The molecule has 1 amide bonds. The summed E-state index contributed by atoms with van der Waals surface area (Å²) >= 11 is 0. The van der Waals surface area contributed by atoms with E-state index < -0.39 is 15.8 Å². The Balaban J connectivity index is 1.83. The molecule has 0 bridgehead atoms. The summed E-state index contributed by atoms with van der Waals surface area (Å²) < 4.78 is 41.2. The molecule has 1 heterocycles. The van der Waals surface area contributed by atoms with Gasteiger partial charge in [-0.2, -0.15) is 0 Å². The zero-order valence-corrected chi connectivity index (χ0v) is 16.0. The molecule has 0 radical (unpaired) electrons. The molecule has 8 heteroatoms. The number of hydrogen-bond donors (Lipinski definition) is 2. The highest BCUT2D eigenvalue weighted by atomic mass is 32.2. The van der Waals surface area contributed by atoms with Crippen LogP contribution in [0.1, 0.15) is 22.8 Å². The van der Waals surface area contributed by atoms with E-state index in [2.05, 4.69) is 10.0 Å². The largest absolute Gasteiger partial charge is 0.333 e. The van der Waals surface area contributed by atoms with Crippen LogP contribution >= 0.6 is 0 Å². The molecule has 0 spiro atoms. The molecule has 2 aromatic carbocycles. The van der Waals surface area contributed by atoms with Crippen LogP contribution in [0.25, 0.3) is 0 Å². The van der Waals surface area contributed by atoms with Crippen molar-refractivity contribution in [3.05, 3.63) is 59.4 Å². The van der Waals surface area contributed by atoms with Crippen molar-refractivity contribution in [2.75, 3.05) is 24.4 Å². The summed E-state index contributed by atoms with van der Waals surface area (Å²) in [5, 5.41) is 3.22. The Labute approximate surface area is 158 Å². The molecule has 0 aliphatic carbocycles. The first kappa shape index (κ1) is 19.3. The van der Waals surface area contributed by atoms with Gasteiger partial charge in [0.05, 0.1) is 4.90 Å². The minimum Gasteiger partial charge on any atom is -0.333 e. The maximum Gasteiger partial charge on any atom is 0.261 e. The first-order valence-corrected chi connectivity index (χ1v) is 10.2. The highest BCUT2D eigenvalue weighted by molar-refractivity contribution is 7.92. The number of sulfonamides is 1. The second kappa shape index (κ2) is 7.66. The van der Waals surface area contributed by atoms with E-state index in [4.69, 9.17) is 0 Å². The third-order valence-corrected chi connectivity index (χ3v) is 5.96. The van der Waals surface area contributed by atoms with Gasteiger partial charge in [-0.05, 0) is 49.7 Å². The average Bonchev–Trinajstić information content (AvgIpc) is 2.63. The SMILES string of the molecule is Cc1ccc(S(=O)(=O)Nc2cccc(C(=O)N3CCNC[C@@H]3C)c2)cc1F. The zero-order chi connectivity index (χ0) is 19.6. The lowest BCUT2D eigenvalue weighted by atomic mass is 10.1. The molecular formula is C19H22FN3O3S. The Bertz CT molecular complexity index is 962. The number of halogens is 1. The third-order valence-electron chi connectivity index (χ3n) is 4.58. The normalized spacial score (nSPS) is 17.6. The Morgan fingerprint density at radius 2 is 2.04 bits per heavy atom. The molecule has 0 unspecified atom stereocenters. The summed E-state index contributed by atoms with van der Waals surface area (Å²) in [6.45, 7) is 5.56. The monoisotopic (exact) mass is 391 g/mol. The van der Waals surface area contributed by atoms with Gasteiger partial charge in [-0.1, -0.05) is 12.1 Å². The zero-order valence-electron chi connectivity index (χ0n) is 15.2. The van der Waals surface area contributed by atoms with Gasteiger partial charge in [0.2, 0.25) is 0 Å². The molecule has 6 nitrogen and oxygen atoms in total. The minimum atomic E-state index is -3.96. The molecule has 144 valence electrons. The average molecular weight is 391 g/mol. The quantitative estimate of drug-likeness (QED) is 0.839. The van der Waals surface area contributed by atoms with E-state index in [1.807, 2.05) is 6.92 Å². The summed E-state index contributed by atoms with van der Waals surface area (Å²) in [7, 11) is -3.96. The molecule has 3 rings (SSSR count). The van der Waals surface area contributed by atoms with Crippen molar-refractivity contribution in [1.29, 1.82) is 0 Å². The first-order chi connectivity index (χ1) is 12.8. The molecule has 1 aliphatic rings. The lowest BCUT2D eigenvalue weighted by molar-refractivity contribution is 0.0656. The number of piperazine rings is 1. The predicted octanol–water partition coefficient (Wildman–Crippen LogP) is 2.37. The molecule has 1 fully saturated rings. The smallest absolute Gasteiger partial charge is 0.261 e. The molecule has 1 atom stereocenters. The van der Waals surface area contributed by atoms with Gasteiger partial charge in [-0.15, -0.1) is 0 Å². The van der Waals surface area contributed by atoms with E-state index in [1.54, 1.807) is 30.0 Å². The minimum absolute atomic E-state index is 0.0575.